The van der Waals surface area contributed by atoms with Crippen LogP contribution in [0, 0.1) is 0 Å². The van der Waals surface area contributed by atoms with Crippen LogP contribution in [0.2, 0.25) is 0 Å². The number of rotatable bonds is 5. The minimum atomic E-state index is -3.25. The third-order valence-electron chi connectivity index (χ3n) is 3.81. The van der Waals surface area contributed by atoms with Crippen LogP contribution in [0.3, 0.4) is 0 Å². The van der Waals surface area contributed by atoms with Crippen LogP contribution >= 0.6 is 11.8 Å². The SMILES string of the molecule is O=C(CCN1C(=O)S/C(=C/c2ccccc2)C1=O)NC1C=CS(=O)(=O)C1. The molecule has 1 saturated heterocycles. The van der Waals surface area contributed by atoms with Gasteiger partial charge in [-0.3, -0.25) is 19.3 Å². The summed E-state index contributed by atoms with van der Waals surface area (Å²) in [7, 11) is -3.25. The van der Waals surface area contributed by atoms with Gasteiger partial charge in [0.1, 0.15) is 0 Å². The average molecular weight is 392 g/mol. The number of hydrogen-bond donors (Lipinski definition) is 1. The molecular weight excluding hydrogens is 376 g/mol. The van der Waals surface area contributed by atoms with Gasteiger partial charge in [0.05, 0.1) is 16.7 Å². The van der Waals surface area contributed by atoms with E-state index in [1.165, 1.54) is 6.08 Å². The predicted molar refractivity (Wildman–Crippen MR) is 98.6 cm³/mol. The molecule has 2 heterocycles. The van der Waals surface area contributed by atoms with Crippen LogP contribution in [-0.4, -0.2) is 48.7 Å². The zero-order valence-electron chi connectivity index (χ0n) is 13.6. The van der Waals surface area contributed by atoms with Crippen molar-refractivity contribution < 1.29 is 22.8 Å². The molecule has 1 aromatic carbocycles. The summed E-state index contributed by atoms with van der Waals surface area (Å²) in [6.07, 6.45) is 2.97. The second-order valence-electron chi connectivity index (χ2n) is 5.83. The zero-order valence-corrected chi connectivity index (χ0v) is 15.3. The van der Waals surface area contributed by atoms with Crippen LogP contribution < -0.4 is 5.32 Å². The first-order chi connectivity index (χ1) is 12.3. The second-order valence-corrected chi connectivity index (χ2v) is 8.75. The van der Waals surface area contributed by atoms with Gasteiger partial charge in [-0.25, -0.2) is 8.42 Å². The molecule has 0 aliphatic carbocycles. The molecule has 1 unspecified atom stereocenters. The van der Waals surface area contributed by atoms with Crippen LogP contribution in [0.15, 0.2) is 46.7 Å². The number of benzene rings is 1. The lowest BCUT2D eigenvalue weighted by Gasteiger charge is -2.14. The van der Waals surface area contributed by atoms with Gasteiger partial charge in [0.25, 0.3) is 11.1 Å². The van der Waals surface area contributed by atoms with Gasteiger partial charge in [0.2, 0.25) is 5.91 Å². The Hall–Kier alpha value is -2.39. The summed E-state index contributed by atoms with van der Waals surface area (Å²) >= 11 is 0.837. The number of carbonyl (C=O) groups excluding carboxylic acids is 3. The lowest BCUT2D eigenvalue weighted by Crippen LogP contribution is -2.38. The molecule has 9 heteroatoms. The van der Waals surface area contributed by atoms with Crippen LogP contribution in [-0.2, 0) is 19.4 Å². The average Bonchev–Trinajstić information content (AvgIpc) is 3.06. The Bertz CT molecular complexity index is 906. The van der Waals surface area contributed by atoms with Crippen molar-refractivity contribution in [1.29, 1.82) is 0 Å². The molecule has 2 aliphatic rings. The Kier molecular flexibility index (Phi) is 5.28. The van der Waals surface area contributed by atoms with Crippen molar-refractivity contribution in [1.82, 2.24) is 10.2 Å². The molecule has 7 nitrogen and oxygen atoms in total. The minimum absolute atomic E-state index is 0.0498. The number of carbonyl (C=O) groups is 3. The Morgan fingerprint density at radius 3 is 2.65 bits per heavy atom. The van der Waals surface area contributed by atoms with E-state index in [0.717, 1.165) is 27.6 Å². The third kappa shape index (κ3) is 4.41. The molecule has 0 spiro atoms. The van der Waals surface area contributed by atoms with E-state index in [4.69, 9.17) is 0 Å². The van der Waals surface area contributed by atoms with Gasteiger partial charge in [-0.05, 0) is 29.5 Å². The van der Waals surface area contributed by atoms with Gasteiger partial charge in [-0.1, -0.05) is 30.3 Å². The summed E-state index contributed by atoms with van der Waals surface area (Å²) in [6, 6.07) is 8.60. The Balaban J connectivity index is 1.56. The van der Waals surface area contributed by atoms with Crippen molar-refractivity contribution in [3.05, 3.63) is 52.3 Å². The summed E-state index contributed by atoms with van der Waals surface area (Å²) in [5.41, 5.74) is 0.810. The maximum atomic E-state index is 12.4. The quantitative estimate of drug-likeness (QED) is 0.763. The molecule has 2 aliphatic heterocycles. The minimum Gasteiger partial charge on any atom is -0.349 e. The molecule has 3 rings (SSSR count). The van der Waals surface area contributed by atoms with Gasteiger partial charge in [0.15, 0.2) is 9.84 Å². The Labute approximate surface area is 155 Å². The van der Waals surface area contributed by atoms with Crippen molar-refractivity contribution >= 4 is 44.7 Å². The van der Waals surface area contributed by atoms with E-state index in [9.17, 15) is 22.8 Å². The molecular formula is C17H16N2O5S2. The normalized spacial score (nSPS) is 23.0. The van der Waals surface area contributed by atoms with E-state index in [2.05, 4.69) is 5.32 Å². The van der Waals surface area contributed by atoms with Crippen LogP contribution in [0.5, 0.6) is 0 Å². The van der Waals surface area contributed by atoms with Crippen LogP contribution in [0.25, 0.3) is 6.08 Å². The highest BCUT2D eigenvalue weighted by Crippen LogP contribution is 2.32. The largest absolute Gasteiger partial charge is 0.349 e. The highest BCUT2D eigenvalue weighted by atomic mass is 32.2. The fourth-order valence-electron chi connectivity index (χ4n) is 2.55. The Morgan fingerprint density at radius 1 is 1.27 bits per heavy atom. The number of imide groups is 1. The summed E-state index contributed by atoms with van der Waals surface area (Å²) in [6.45, 7) is -0.0498. The first kappa shape index (κ1) is 18.4. The second kappa shape index (κ2) is 7.46. The van der Waals surface area contributed by atoms with Gasteiger partial charge < -0.3 is 5.32 Å². The summed E-state index contributed by atoms with van der Waals surface area (Å²) in [4.78, 5) is 37.7. The molecule has 136 valence electrons. The number of thioether (sulfide) groups is 1. The van der Waals surface area contributed by atoms with E-state index in [1.54, 1.807) is 6.08 Å². The highest BCUT2D eigenvalue weighted by Gasteiger charge is 2.35. The number of nitrogens with zero attached hydrogens (tertiary/aromatic N) is 1. The van der Waals surface area contributed by atoms with E-state index in [0.29, 0.717) is 4.91 Å². The van der Waals surface area contributed by atoms with Crippen LogP contribution in [0.1, 0.15) is 12.0 Å². The number of nitrogens with one attached hydrogen (secondary N) is 1. The number of sulfone groups is 1. The molecule has 0 radical (unpaired) electrons. The van der Waals surface area contributed by atoms with Gasteiger partial charge in [-0.15, -0.1) is 0 Å². The van der Waals surface area contributed by atoms with Crippen molar-refractivity contribution in [2.75, 3.05) is 12.3 Å². The van der Waals surface area contributed by atoms with E-state index >= 15 is 0 Å². The van der Waals surface area contributed by atoms with Crippen molar-refractivity contribution in [2.24, 2.45) is 0 Å². The standard InChI is InChI=1S/C17H16N2O5S2/c20-15(18-13-7-9-26(23,24)11-13)6-8-19-16(21)14(25-17(19)22)10-12-4-2-1-3-5-12/h1-5,7,9-10,13H,6,8,11H2,(H,18,20)/b14-10+. The monoisotopic (exact) mass is 392 g/mol. The van der Waals surface area contributed by atoms with Crippen molar-refractivity contribution in [3.63, 3.8) is 0 Å². The van der Waals surface area contributed by atoms with E-state index in [1.807, 2.05) is 30.3 Å². The van der Waals surface area contributed by atoms with E-state index < -0.39 is 32.9 Å². The lowest BCUT2D eigenvalue weighted by atomic mass is 10.2. The lowest BCUT2D eigenvalue weighted by molar-refractivity contribution is -0.124. The first-order valence-corrected chi connectivity index (χ1v) is 10.4. The zero-order chi connectivity index (χ0) is 18.7. The molecule has 0 saturated carbocycles. The molecule has 1 aromatic rings. The van der Waals surface area contributed by atoms with Crippen molar-refractivity contribution in [2.45, 2.75) is 12.5 Å². The fourth-order valence-corrected chi connectivity index (χ4v) is 4.65. The molecule has 1 fully saturated rings. The molecule has 26 heavy (non-hydrogen) atoms. The van der Waals surface area contributed by atoms with Gasteiger partial charge >= 0.3 is 0 Å². The number of amides is 3. The smallest absolute Gasteiger partial charge is 0.293 e. The summed E-state index contributed by atoms with van der Waals surface area (Å²) in [5.74, 6) is -1.01. The van der Waals surface area contributed by atoms with E-state index in [-0.39, 0.29) is 18.7 Å². The molecule has 1 atom stereocenters. The fraction of sp³-hybridized carbons (Fsp3) is 0.235. The van der Waals surface area contributed by atoms with Crippen molar-refractivity contribution in [3.8, 4) is 0 Å². The molecule has 0 aromatic heterocycles. The molecule has 3 amide bonds. The van der Waals surface area contributed by atoms with Gasteiger partial charge in [-0.2, -0.15) is 0 Å². The molecule has 0 bridgehead atoms. The maximum Gasteiger partial charge on any atom is 0.293 e. The summed E-state index contributed by atoms with van der Waals surface area (Å²) < 4.78 is 22.6. The number of hydrogen-bond acceptors (Lipinski definition) is 6. The Morgan fingerprint density at radius 2 is 2.00 bits per heavy atom. The summed E-state index contributed by atoms with van der Waals surface area (Å²) in [5, 5.41) is 3.21. The predicted octanol–water partition coefficient (Wildman–Crippen LogP) is 1.54. The highest BCUT2D eigenvalue weighted by molar-refractivity contribution is 8.18. The first-order valence-electron chi connectivity index (χ1n) is 7.85. The van der Waals surface area contributed by atoms with Gasteiger partial charge in [0, 0.05) is 18.4 Å². The topological polar surface area (TPSA) is 101 Å². The van der Waals surface area contributed by atoms with Crippen LogP contribution in [0.4, 0.5) is 4.79 Å². The molecule has 1 N–H and O–H groups in total. The maximum absolute atomic E-state index is 12.4. The third-order valence-corrected chi connectivity index (χ3v) is 6.11.